The van der Waals surface area contributed by atoms with Gasteiger partial charge < -0.3 is 15.3 Å². The molecule has 1 heterocycles. The summed E-state index contributed by atoms with van der Waals surface area (Å²) >= 11 is 1.40. The minimum atomic E-state index is -1.55. The van der Waals surface area contributed by atoms with E-state index in [2.05, 4.69) is 0 Å². The standard InChI is InChI=1S/C11H10O4S/c1-5-9(10(13)11(14)15)7-4-6(12)2-3-8(7)16-5/h2-4,10,12-13H,1H3,(H,14,15). The fraction of sp³-hybridized carbons (Fsp3) is 0.182. The summed E-state index contributed by atoms with van der Waals surface area (Å²) in [7, 11) is 0. The molecule has 0 saturated carbocycles. The van der Waals surface area contributed by atoms with Crippen molar-refractivity contribution in [1.29, 1.82) is 0 Å². The van der Waals surface area contributed by atoms with Crippen molar-refractivity contribution in [3.8, 4) is 5.75 Å². The molecule has 4 nitrogen and oxygen atoms in total. The Balaban J connectivity index is 2.72. The average Bonchev–Trinajstić information content (AvgIpc) is 2.52. The number of benzene rings is 1. The van der Waals surface area contributed by atoms with Gasteiger partial charge in [0, 0.05) is 20.5 Å². The van der Waals surface area contributed by atoms with Crippen LogP contribution in [-0.2, 0) is 4.79 Å². The first-order valence-electron chi connectivity index (χ1n) is 4.63. The van der Waals surface area contributed by atoms with E-state index in [-0.39, 0.29) is 5.75 Å². The number of thiophene rings is 1. The van der Waals surface area contributed by atoms with Gasteiger partial charge in [0.1, 0.15) is 5.75 Å². The number of phenols is 1. The van der Waals surface area contributed by atoms with Gasteiger partial charge in [-0.15, -0.1) is 11.3 Å². The molecule has 84 valence electrons. The second-order valence-electron chi connectivity index (χ2n) is 3.49. The number of aryl methyl sites for hydroxylation is 1. The zero-order chi connectivity index (χ0) is 11.9. The van der Waals surface area contributed by atoms with Gasteiger partial charge in [0.15, 0.2) is 6.10 Å². The van der Waals surface area contributed by atoms with E-state index in [1.54, 1.807) is 13.0 Å². The fourth-order valence-corrected chi connectivity index (χ4v) is 2.77. The number of hydrogen-bond acceptors (Lipinski definition) is 4. The topological polar surface area (TPSA) is 77.8 Å². The number of carboxylic acids is 1. The number of rotatable bonds is 2. The summed E-state index contributed by atoms with van der Waals surface area (Å²) in [5.74, 6) is -1.23. The highest BCUT2D eigenvalue weighted by molar-refractivity contribution is 7.19. The van der Waals surface area contributed by atoms with E-state index in [1.807, 2.05) is 0 Å². The van der Waals surface area contributed by atoms with Gasteiger partial charge in [0.25, 0.3) is 0 Å². The van der Waals surface area contributed by atoms with Crippen LogP contribution < -0.4 is 0 Å². The summed E-state index contributed by atoms with van der Waals surface area (Å²) in [6.45, 7) is 1.75. The molecule has 0 aliphatic heterocycles. The Kier molecular flexibility index (Phi) is 2.57. The monoisotopic (exact) mass is 238 g/mol. The summed E-state index contributed by atoms with van der Waals surface area (Å²) < 4.78 is 0.852. The molecule has 5 heteroatoms. The van der Waals surface area contributed by atoms with Crippen molar-refractivity contribution < 1.29 is 20.1 Å². The van der Waals surface area contributed by atoms with Crippen LogP contribution in [0.2, 0.25) is 0 Å². The molecule has 1 atom stereocenters. The van der Waals surface area contributed by atoms with Crippen LogP contribution in [0.1, 0.15) is 16.5 Å². The van der Waals surface area contributed by atoms with Gasteiger partial charge in [-0.25, -0.2) is 4.79 Å². The van der Waals surface area contributed by atoms with Crippen LogP contribution in [0, 0.1) is 6.92 Å². The van der Waals surface area contributed by atoms with Gasteiger partial charge in [-0.2, -0.15) is 0 Å². The van der Waals surface area contributed by atoms with E-state index in [9.17, 15) is 15.0 Å². The Hall–Kier alpha value is -1.59. The zero-order valence-electron chi connectivity index (χ0n) is 8.47. The predicted molar refractivity (Wildman–Crippen MR) is 60.8 cm³/mol. The van der Waals surface area contributed by atoms with Crippen LogP contribution in [0.5, 0.6) is 5.75 Å². The largest absolute Gasteiger partial charge is 0.508 e. The first-order valence-corrected chi connectivity index (χ1v) is 5.45. The number of fused-ring (bicyclic) bond motifs is 1. The normalized spacial score (nSPS) is 12.9. The Morgan fingerprint density at radius 1 is 1.44 bits per heavy atom. The van der Waals surface area contributed by atoms with Crippen molar-refractivity contribution in [3.63, 3.8) is 0 Å². The predicted octanol–water partition coefficient (Wildman–Crippen LogP) is 2.03. The Labute approximate surface area is 95.4 Å². The van der Waals surface area contributed by atoms with Crippen LogP contribution in [0.25, 0.3) is 10.1 Å². The lowest BCUT2D eigenvalue weighted by atomic mass is 10.1. The van der Waals surface area contributed by atoms with Crippen molar-refractivity contribution in [2.45, 2.75) is 13.0 Å². The zero-order valence-corrected chi connectivity index (χ0v) is 9.28. The molecule has 0 aliphatic rings. The maximum Gasteiger partial charge on any atom is 0.337 e. The summed E-state index contributed by atoms with van der Waals surface area (Å²) in [4.78, 5) is 11.5. The van der Waals surface area contributed by atoms with E-state index >= 15 is 0 Å². The highest BCUT2D eigenvalue weighted by Crippen LogP contribution is 2.36. The SMILES string of the molecule is Cc1sc2ccc(O)cc2c1C(O)C(=O)O. The minimum absolute atomic E-state index is 0.0594. The third-order valence-corrected chi connectivity index (χ3v) is 3.51. The van der Waals surface area contributed by atoms with E-state index in [0.29, 0.717) is 10.9 Å². The average molecular weight is 238 g/mol. The van der Waals surface area contributed by atoms with Crippen LogP contribution in [0.4, 0.5) is 0 Å². The lowest BCUT2D eigenvalue weighted by Crippen LogP contribution is -2.10. The number of aliphatic hydroxyl groups is 1. The molecule has 0 bridgehead atoms. The Morgan fingerprint density at radius 2 is 2.12 bits per heavy atom. The van der Waals surface area contributed by atoms with Crippen LogP contribution in [0.3, 0.4) is 0 Å². The first-order chi connectivity index (χ1) is 7.50. The second-order valence-corrected chi connectivity index (χ2v) is 4.75. The van der Waals surface area contributed by atoms with Gasteiger partial charge in [-0.3, -0.25) is 0 Å². The van der Waals surface area contributed by atoms with Gasteiger partial charge in [0.2, 0.25) is 0 Å². The second kappa shape index (κ2) is 3.77. The number of hydrogen-bond donors (Lipinski definition) is 3. The van der Waals surface area contributed by atoms with Crippen molar-refractivity contribution in [2.24, 2.45) is 0 Å². The first kappa shape index (κ1) is 10.9. The Bertz CT molecular complexity index is 558. The van der Waals surface area contributed by atoms with Crippen LogP contribution >= 0.6 is 11.3 Å². The molecule has 1 aromatic heterocycles. The molecule has 1 aromatic carbocycles. The molecule has 0 radical (unpaired) electrons. The molecule has 2 rings (SSSR count). The summed E-state index contributed by atoms with van der Waals surface area (Å²) in [6.07, 6.45) is -1.55. The van der Waals surface area contributed by atoms with E-state index in [4.69, 9.17) is 5.11 Å². The highest BCUT2D eigenvalue weighted by Gasteiger charge is 2.22. The molecule has 0 saturated heterocycles. The van der Waals surface area contributed by atoms with Crippen molar-refractivity contribution >= 4 is 27.4 Å². The van der Waals surface area contributed by atoms with Gasteiger partial charge in [-0.05, 0) is 25.1 Å². The quantitative estimate of drug-likeness (QED) is 0.748. The third kappa shape index (κ3) is 1.64. The smallest absolute Gasteiger partial charge is 0.337 e. The molecule has 0 fully saturated rings. The van der Waals surface area contributed by atoms with Crippen molar-refractivity contribution in [1.82, 2.24) is 0 Å². The molecule has 0 amide bonds. The van der Waals surface area contributed by atoms with Gasteiger partial charge >= 0.3 is 5.97 Å². The third-order valence-electron chi connectivity index (χ3n) is 2.40. The van der Waals surface area contributed by atoms with E-state index < -0.39 is 12.1 Å². The summed E-state index contributed by atoms with van der Waals surface area (Å²) in [5, 5.41) is 28.3. The highest BCUT2D eigenvalue weighted by atomic mass is 32.1. The summed E-state index contributed by atoms with van der Waals surface area (Å²) in [6, 6.07) is 4.72. The Morgan fingerprint density at radius 3 is 2.75 bits per heavy atom. The molecule has 1 unspecified atom stereocenters. The van der Waals surface area contributed by atoms with Gasteiger partial charge in [0.05, 0.1) is 0 Å². The maximum absolute atomic E-state index is 10.8. The molecular weight excluding hydrogens is 228 g/mol. The number of aromatic hydroxyl groups is 1. The lowest BCUT2D eigenvalue weighted by molar-refractivity contribution is -0.146. The maximum atomic E-state index is 10.8. The van der Waals surface area contributed by atoms with Crippen LogP contribution in [0.15, 0.2) is 18.2 Å². The lowest BCUT2D eigenvalue weighted by Gasteiger charge is -2.05. The van der Waals surface area contributed by atoms with Gasteiger partial charge in [-0.1, -0.05) is 0 Å². The van der Waals surface area contributed by atoms with E-state index in [0.717, 1.165) is 9.58 Å². The number of carbonyl (C=O) groups is 1. The van der Waals surface area contributed by atoms with Crippen LogP contribution in [-0.4, -0.2) is 21.3 Å². The van der Waals surface area contributed by atoms with Crippen molar-refractivity contribution in [2.75, 3.05) is 0 Å². The molecular formula is C11H10O4S. The number of carboxylic acid groups (broad SMARTS) is 1. The summed E-state index contributed by atoms with van der Waals surface area (Å²) in [5.41, 5.74) is 0.364. The molecule has 3 N–H and O–H groups in total. The fourth-order valence-electron chi connectivity index (χ4n) is 1.69. The molecule has 16 heavy (non-hydrogen) atoms. The van der Waals surface area contributed by atoms with E-state index in [1.165, 1.54) is 23.5 Å². The number of aliphatic hydroxyl groups excluding tert-OH is 1. The number of aliphatic carboxylic acids is 1. The number of phenolic OH excluding ortho intramolecular Hbond substituents is 1. The minimum Gasteiger partial charge on any atom is -0.508 e. The molecule has 0 spiro atoms. The van der Waals surface area contributed by atoms with Crippen molar-refractivity contribution in [3.05, 3.63) is 28.6 Å². The molecule has 0 aliphatic carbocycles. The molecule has 2 aromatic rings.